The topological polar surface area (TPSA) is 50.7 Å². The summed E-state index contributed by atoms with van der Waals surface area (Å²) in [7, 11) is 0. The van der Waals surface area contributed by atoms with E-state index in [1.807, 2.05) is 0 Å². The molecular weight excluding hydrogens is 290 g/mol. The van der Waals surface area contributed by atoms with E-state index >= 15 is 0 Å². The van der Waals surface area contributed by atoms with Gasteiger partial charge in [-0.15, -0.1) is 5.10 Å². The van der Waals surface area contributed by atoms with Crippen molar-refractivity contribution in [3.05, 3.63) is 10.5 Å². The van der Waals surface area contributed by atoms with Crippen LogP contribution in [-0.4, -0.2) is 26.3 Å². The number of nitrogens with one attached hydrogen (secondary N) is 1. The van der Waals surface area contributed by atoms with Gasteiger partial charge in [0.05, 0.1) is 0 Å². The van der Waals surface area contributed by atoms with Crippen molar-refractivity contribution in [1.82, 2.24) is 14.8 Å². The molecule has 1 aromatic rings. The molecule has 20 heavy (non-hydrogen) atoms. The van der Waals surface area contributed by atoms with Gasteiger partial charge in [0.1, 0.15) is 0 Å². The number of hydrogen-bond acceptors (Lipinski definition) is 4. The molecule has 0 fully saturated rings. The molecule has 1 N–H and O–H groups in total. The van der Waals surface area contributed by atoms with Crippen molar-refractivity contribution in [1.29, 1.82) is 0 Å². The Hall–Kier alpha value is -0.360. The maximum Gasteiger partial charge on any atom is 0.343 e. The van der Waals surface area contributed by atoms with Crippen molar-refractivity contribution in [3.63, 3.8) is 0 Å². The van der Waals surface area contributed by atoms with E-state index in [9.17, 15) is 4.79 Å². The van der Waals surface area contributed by atoms with Crippen LogP contribution < -0.4 is 5.69 Å². The molecule has 0 spiro atoms. The number of H-pyrrole nitrogens is 1. The number of aromatic nitrogens is 3. The van der Waals surface area contributed by atoms with Crippen LogP contribution in [0.5, 0.6) is 0 Å². The Bertz CT molecular complexity index is 436. The number of hydrogen-bond donors (Lipinski definition) is 2. The number of nitrogens with zero attached hydrogens (tertiary/aromatic N) is 2. The minimum Gasteiger partial charge on any atom is -0.270 e. The molecule has 0 aromatic carbocycles. The summed E-state index contributed by atoms with van der Waals surface area (Å²) in [5.41, 5.74) is 0.153. The molecule has 1 aromatic heterocycles. The Labute approximate surface area is 131 Å². The fraction of sp³-hybridized carbons (Fsp3) is 0.857. The normalized spacial score (nSPS) is 12.0. The van der Waals surface area contributed by atoms with Crippen LogP contribution in [0.2, 0.25) is 0 Å². The van der Waals surface area contributed by atoms with E-state index < -0.39 is 0 Å². The van der Waals surface area contributed by atoms with Gasteiger partial charge in [0, 0.05) is 12.3 Å². The molecule has 1 heterocycles. The van der Waals surface area contributed by atoms with E-state index in [2.05, 4.69) is 43.6 Å². The summed E-state index contributed by atoms with van der Waals surface area (Å²) in [4.78, 5) is 11.7. The van der Waals surface area contributed by atoms with E-state index in [1.54, 1.807) is 16.3 Å². The molecule has 0 amide bonds. The van der Waals surface area contributed by atoms with Crippen molar-refractivity contribution in [2.45, 2.75) is 64.6 Å². The lowest BCUT2D eigenvalue weighted by atomic mass is 9.83. The van der Waals surface area contributed by atoms with Crippen LogP contribution in [0.3, 0.4) is 0 Å². The van der Waals surface area contributed by atoms with Gasteiger partial charge in [0.2, 0.25) is 0 Å². The molecule has 116 valence electrons. The van der Waals surface area contributed by atoms with Crippen LogP contribution in [0, 0.1) is 5.41 Å². The highest BCUT2D eigenvalue weighted by Gasteiger charge is 2.28. The molecule has 0 aliphatic rings. The third-order valence-electron chi connectivity index (χ3n) is 3.57. The molecule has 0 radical (unpaired) electrons. The van der Waals surface area contributed by atoms with Crippen LogP contribution in [-0.2, 0) is 6.54 Å². The minimum absolute atomic E-state index is 0.100. The number of thioether (sulfide) groups is 1. The van der Waals surface area contributed by atoms with E-state index in [4.69, 9.17) is 0 Å². The lowest BCUT2D eigenvalue weighted by molar-refractivity contribution is 0.318. The van der Waals surface area contributed by atoms with Gasteiger partial charge in [-0.05, 0) is 30.4 Å². The molecule has 6 heteroatoms. The Morgan fingerprint density at radius 1 is 1.25 bits per heavy atom. The summed E-state index contributed by atoms with van der Waals surface area (Å²) in [6.07, 6.45) is 5.64. The van der Waals surface area contributed by atoms with Crippen LogP contribution in [0.15, 0.2) is 9.95 Å². The van der Waals surface area contributed by atoms with Crippen molar-refractivity contribution in [2.24, 2.45) is 5.41 Å². The average Bonchev–Trinajstić information content (AvgIpc) is 2.78. The monoisotopic (exact) mass is 317 g/mol. The Kier molecular flexibility index (Phi) is 7.80. The number of thiol groups is 1. The average molecular weight is 318 g/mol. The summed E-state index contributed by atoms with van der Waals surface area (Å²) in [5.74, 6) is 1.87. The molecule has 1 rings (SSSR count). The van der Waals surface area contributed by atoms with Crippen molar-refractivity contribution < 1.29 is 0 Å². The quantitative estimate of drug-likeness (QED) is 0.512. The van der Waals surface area contributed by atoms with Gasteiger partial charge in [-0.3, -0.25) is 4.57 Å². The Balaban J connectivity index is 2.79. The highest BCUT2D eigenvalue weighted by molar-refractivity contribution is 7.99. The molecule has 0 atom stereocenters. The maximum absolute atomic E-state index is 11.7. The molecule has 0 bridgehead atoms. The molecular formula is C14H27N3OS2. The lowest BCUT2D eigenvalue weighted by Gasteiger charge is -2.31. The molecule has 0 aliphatic carbocycles. The number of rotatable bonds is 10. The second kappa shape index (κ2) is 8.82. The first-order valence-electron chi connectivity index (χ1n) is 7.51. The highest BCUT2D eigenvalue weighted by Crippen LogP contribution is 2.36. The zero-order valence-corrected chi connectivity index (χ0v) is 14.5. The van der Waals surface area contributed by atoms with Crippen molar-refractivity contribution in [3.8, 4) is 0 Å². The molecule has 0 saturated carbocycles. The van der Waals surface area contributed by atoms with Crippen LogP contribution in [0.1, 0.15) is 52.9 Å². The van der Waals surface area contributed by atoms with Crippen molar-refractivity contribution >= 4 is 24.4 Å². The zero-order chi connectivity index (χ0) is 15.0. The van der Waals surface area contributed by atoms with E-state index in [-0.39, 0.29) is 11.1 Å². The SMILES string of the molecule is CCCn1c(SCC(CS)(CCC)CCC)n[nH]c1=O. The second-order valence-corrected chi connectivity index (χ2v) is 6.67. The van der Waals surface area contributed by atoms with Gasteiger partial charge in [-0.2, -0.15) is 12.6 Å². The van der Waals surface area contributed by atoms with Crippen LogP contribution >= 0.6 is 24.4 Å². The van der Waals surface area contributed by atoms with E-state index in [0.717, 1.165) is 29.6 Å². The fourth-order valence-corrected chi connectivity index (χ4v) is 4.43. The van der Waals surface area contributed by atoms with Gasteiger partial charge < -0.3 is 0 Å². The summed E-state index contributed by atoms with van der Waals surface area (Å²) in [6, 6.07) is 0. The van der Waals surface area contributed by atoms with Gasteiger partial charge in [-0.1, -0.05) is 45.4 Å². The van der Waals surface area contributed by atoms with Gasteiger partial charge in [0.25, 0.3) is 0 Å². The van der Waals surface area contributed by atoms with Gasteiger partial charge >= 0.3 is 5.69 Å². The first-order chi connectivity index (χ1) is 9.62. The zero-order valence-electron chi connectivity index (χ0n) is 12.8. The van der Waals surface area contributed by atoms with Crippen LogP contribution in [0.25, 0.3) is 0 Å². The molecule has 0 aliphatic heterocycles. The predicted octanol–water partition coefficient (Wildman–Crippen LogP) is 3.59. The van der Waals surface area contributed by atoms with Gasteiger partial charge in [-0.25, -0.2) is 9.89 Å². The second-order valence-electron chi connectivity index (χ2n) is 5.41. The lowest BCUT2D eigenvalue weighted by Crippen LogP contribution is -2.26. The minimum atomic E-state index is -0.100. The molecule has 0 saturated heterocycles. The smallest absolute Gasteiger partial charge is 0.270 e. The summed E-state index contributed by atoms with van der Waals surface area (Å²) in [6.45, 7) is 7.24. The largest absolute Gasteiger partial charge is 0.343 e. The van der Waals surface area contributed by atoms with Gasteiger partial charge in [0.15, 0.2) is 5.16 Å². The highest BCUT2D eigenvalue weighted by atomic mass is 32.2. The standard InChI is InChI=1S/C14H27N3OS2/c1-4-7-14(10-19,8-5-2)11-20-13-16-15-12(18)17(13)9-6-3/h19H,4-11H2,1-3H3,(H,15,18). The van der Waals surface area contributed by atoms with E-state index in [0.29, 0.717) is 0 Å². The summed E-state index contributed by atoms with van der Waals surface area (Å²) < 4.78 is 1.74. The summed E-state index contributed by atoms with van der Waals surface area (Å²) in [5, 5.41) is 7.53. The Morgan fingerprint density at radius 3 is 2.40 bits per heavy atom. The first kappa shape index (κ1) is 17.7. The maximum atomic E-state index is 11.7. The third kappa shape index (κ3) is 4.58. The fourth-order valence-electron chi connectivity index (χ4n) is 2.59. The number of aromatic amines is 1. The Morgan fingerprint density at radius 2 is 1.90 bits per heavy atom. The third-order valence-corrected chi connectivity index (χ3v) is 5.57. The van der Waals surface area contributed by atoms with E-state index in [1.165, 1.54) is 25.7 Å². The predicted molar refractivity (Wildman–Crippen MR) is 90.0 cm³/mol. The molecule has 4 nitrogen and oxygen atoms in total. The van der Waals surface area contributed by atoms with Crippen LogP contribution in [0.4, 0.5) is 0 Å². The molecule has 0 unspecified atom stereocenters. The first-order valence-corrected chi connectivity index (χ1v) is 9.13. The van der Waals surface area contributed by atoms with Crippen molar-refractivity contribution in [2.75, 3.05) is 11.5 Å². The summed E-state index contributed by atoms with van der Waals surface area (Å²) >= 11 is 6.27.